The van der Waals surface area contributed by atoms with Crippen molar-refractivity contribution in [3.05, 3.63) is 60.2 Å². The van der Waals surface area contributed by atoms with Gasteiger partial charge in [0.25, 0.3) is 0 Å². The van der Waals surface area contributed by atoms with Crippen molar-refractivity contribution in [2.24, 2.45) is 11.7 Å². The zero-order valence-electron chi connectivity index (χ0n) is 11.8. The molecule has 2 nitrogen and oxygen atoms in total. The zero-order chi connectivity index (χ0) is 13.9. The molecule has 2 aromatic rings. The second kappa shape index (κ2) is 5.78. The van der Waals surface area contributed by atoms with Crippen molar-refractivity contribution in [3.63, 3.8) is 0 Å². The van der Waals surface area contributed by atoms with E-state index in [1.165, 1.54) is 11.1 Å². The first-order valence-electron chi connectivity index (χ1n) is 7.28. The standard InChI is InChI=1S/C18H21NO/c1-13-11-12-20-18(13)17(19)16-9-7-15(8-10-16)14-5-3-2-4-6-14/h2-10,13,17-18H,11-12,19H2,1H3. The van der Waals surface area contributed by atoms with E-state index in [1.54, 1.807) is 0 Å². The van der Waals surface area contributed by atoms with Crippen LogP contribution in [-0.4, -0.2) is 12.7 Å². The molecule has 1 aliphatic heterocycles. The Hall–Kier alpha value is -1.64. The highest BCUT2D eigenvalue weighted by Crippen LogP contribution is 2.30. The lowest BCUT2D eigenvalue weighted by molar-refractivity contribution is 0.0725. The summed E-state index contributed by atoms with van der Waals surface area (Å²) in [5, 5.41) is 0. The Morgan fingerprint density at radius 1 is 1.00 bits per heavy atom. The number of nitrogens with two attached hydrogens (primary N) is 1. The Morgan fingerprint density at radius 3 is 2.25 bits per heavy atom. The topological polar surface area (TPSA) is 35.2 Å². The maximum atomic E-state index is 6.35. The van der Waals surface area contributed by atoms with E-state index in [-0.39, 0.29) is 12.1 Å². The van der Waals surface area contributed by atoms with Gasteiger partial charge in [-0.3, -0.25) is 0 Å². The van der Waals surface area contributed by atoms with Crippen molar-refractivity contribution < 1.29 is 4.74 Å². The van der Waals surface area contributed by atoms with Crippen LogP contribution in [0, 0.1) is 5.92 Å². The summed E-state index contributed by atoms with van der Waals surface area (Å²) in [5.41, 5.74) is 9.97. The number of ether oxygens (including phenoxy) is 1. The smallest absolute Gasteiger partial charge is 0.0793 e. The Kier molecular flexibility index (Phi) is 3.86. The summed E-state index contributed by atoms with van der Waals surface area (Å²) in [6.45, 7) is 3.05. The van der Waals surface area contributed by atoms with E-state index in [4.69, 9.17) is 10.5 Å². The maximum absolute atomic E-state index is 6.35. The fourth-order valence-electron chi connectivity index (χ4n) is 2.89. The van der Waals surface area contributed by atoms with Gasteiger partial charge in [0, 0.05) is 6.61 Å². The third-order valence-electron chi connectivity index (χ3n) is 4.20. The van der Waals surface area contributed by atoms with Crippen LogP contribution in [0.25, 0.3) is 11.1 Å². The monoisotopic (exact) mass is 267 g/mol. The average molecular weight is 267 g/mol. The second-order valence-corrected chi connectivity index (χ2v) is 5.62. The fourth-order valence-corrected chi connectivity index (χ4v) is 2.89. The van der Waals surface area contributed by atoms with Gasteiger partial charge in [-0.25, -0.2) is 0 Å². The van der Waals surface area contributed by atoms with Crippen molar-refractivity contribution in [2.45, 2.75) is 25.5 Å². The summed E-state index contributed by atoms with van der Waals surface area (Å²) in [5.74, 6) is 0.541. The fraction of sp³-hybridized carbons (Fsp3) is 0.333. The van der Waals surface area contributed by atoms with Crippen LogP contribution in [-0.2, 0) is 4.74 Å². The number of rotatable bonds is 3. The largest absolute Gasteiger partial charge is 0.376 e. The predicted molar refractivity (Wildman–Crippen MR) is 82.3 cm³/mol. The molecule has 1 aliphatic rings. The van der Waals surface area contributed by atoms with E-state index in [0.29, 0.717) is 5.92 Å². The van der Waals surface area contributed by atoms with E-state index in [0.717, 1.165) is 18.6 Å². The van der Waals surface area contributed by atoms with Gasteiger partial charge in [-0.1, -0.05) is 61.5 Å². The third kappa shape index (κ3) is 2.62. The lowest BCUT2D eigenvalue weighted by atomic mass is 9.92. The molecule has 1 heterocycles. The van der Waals surface area contributed by atoms with Crippen LogP contribution in [0.15, 0.2) is 54.6 Å². The van der Waals surface area contributed by atoms with Crippen molar-refractivity contribution >= 4 is 0 Å². The molecule has 3 atom stereocenters. The number of hydrogen-bond donors (Lipinski definition) is 1. The van der Waals surface area contributed by atoms with Crippen LogP contribution < -0.4 is 5.73 Å². The first kappa shape index (κ1) is 13.3. The van der Waals surface area contributed by atoms with E-state index in [1.807, 2.05) is 6.07 Å². The lowest BCUT2D eigenvalue weighted by Gasteiger charge is -2.23. The highest BCUT2D eigenvalue weighted by molar-refractivity contribution is 5.63. The van der Waals surface area contributed by atoms with Crippen molar-refractivity contribution in [1.29, 1.82) is 0 Å². The molecule has 0 radical (unpaired) electrons. The molecule has 0 amide bonds. The van der Waals surface area contributed by atoms with Crippen molar-refractivity contribution in [2.75, 3.05) is 6.61 Å². The normalized spacial score (nSPS) is 23.7. The summed E-state index contributed by atoms with van der Waals surface area (Å²) < 4.78 is 5.77. The molecule has 1 saturated heterocycles. The van der Waals surface area contributed by atoms with Gasteiger partial charge in [0.2, 0.25) is 0 Å². The van der Waals surface area contributed by atoms with Gasteiger partial charge in [0.15, 0.2) is 0 Å². The predicted octanol–water partition coefficient (Wildman–Crippen LogP) is 3.78. The minimum atomic E-state index is -0.0303. The molecule has 2 aromatic carbocycles. The van der Waals surface area contributed by atoms with Crippen LogP contribution >= 0.6 is 0 Å². The first-order valence-corrected chi connectivity index (χ1v) is 7.28. The van der Waals surface area contributed by atoms with Gasteiger partial charge in [0.1, 0.15) is 0 Å². The summed E-state index contributed by atoms with van der Waals surface area (Å²) in [4.78, 5) is 0. The van der Waals surface area contributed by atoms with Crippen LogP contribution in [0.1, 0.15) is 24.9 Å². The highest BCUT2D eigenvalue weighted by atomic mass is 16.5. The SMILES string of the molecule is CC1CCOC1C(N)c1ccc(-c2ccccc2)cc1. The van der Waals surface area contributed by atoms with Gasteiger partial charge in [0.05, 0.1) is 12.1 Å². The molecule has 0 spiro atoms. The molecule has 0 saturated carbocycles. The van der Waals surface area contributed by atoms with Gasteiger partial charge in [-0.2, -0.15) is 0 Å². The molecular weight excluding hydrogens is 246 g/mol. The molecule has 3 rings (SSSR count). The highest BCUT2D eigenvalue weighted by Gasteiger charge is 2.30. The molecule has 1 fully saturated rings. The van der Waals surface area contributed by atoms with Crippen LogP contribution in [0.4, 0.5) is 0 Å². The molecule has 2 N–H and O–H groups in total. The second-order valence-electron chi connectivity index (χ2n) is 5.62. The quantitative estimate of drug-likeness (QED) is 0.918. The molecule has 104 valence electrons. The molecular formula is C18H21NO. The Labute approximate surface area is 120 Å². The molecule has 3 unspecified atom stereocenters. The molecule has 20 heavy (non-hydrogen) atoms. The van der Waals surface area contributed by atoms with E-state index < -0.39 is 0 Å². The summed E-state index contributed by atoms with van der Waals surface area (Å²) >= 11 is 0. The van der Waals surface area contributed by atoms with Crippen LogP contribution in [0.2, 0.25) is 0 Å². The van der Waals surface area contributed by atoms with Crippen LogP contribution in [0.5, 0.6) is 0 Å². The number of hydrogen-bond acceptors (Lipinski definition) is 2. The van der Waals surface area contributed by atoms with Gasteiger partial charge < -0.3 is 10.5 Å². The molecule has 2 heteroatoms. The molecule has 0 bridgehead atoms. The zero-order valence-corrected chi connectivity index (χ0v) is 11.8. The van der Waals surface area contributed by atoms with Crippen molar-refractivity contribution in [3.8, 4) is 11.1 Å². The van der Waals surface area contributed by atoms with Gasteiger partial charge in [-0.05, 0) is 29.0 Å². The van der Waals surface area contributed by atoms with E-state index in [9.17, 15) is 0 Å². The van der Waals surface area contributed by atoms with E-state index in [2.05, 4.69) is 55.5 Å². The Bertz CT molecular complexity index is 549. The first-order chi connectivity index (χ1) is 9.75. The lowest BCUT2D eigenvalue weighted by Crippen LogP contribution is -2.29. The van der Waals surface area contributed by atoms with E-state index >= 15 is 0 Å². The molecule has 0 aromatic heterocycles. The summed E-state index contributed by atoms with van der Waals surface area (Å²) in [6.07, 6.45) is 1.26. The Morgan fingerprint density at radius 2 is 1.65 bits per heavy atom. The Balaban J connectivity index is 1.79. The average Bonchev–Trinajstić information content (AvgIpc) is 2.94. The van der Waals surface area contributed by atoms with Gasteiger partial charge in [-0.15, -0.1) is 0 Å². The summed E-state index contributed by atoms with van der Waals surface area (Å²) in [6, 6.07) is 18.9. The van der Waals surface area contributed by atoms with Gasteiger partial charge >= 0.3 is 0 Å². The minimum Gasteiger partial charge on any atom is -0.376 e. The minimum absolute atomic E-state index is 0.0303. The number of benzene rings is 2. The molecule has 0 aliphatic carbocycles. The third-order valence-corrected chi connectivity index (χ3v) is 4.20. The van der Waals surface area contributed by atoms with Crippen molar-refractivity contribution in [1.82, 2.24) is 0 Å². The summed E-state index contributed by atoms with van der Waals surface area (Å²) in [7, 11) is 0. The maximum Gasteiger partial charge on any atom is 0.0793 e. The van der Waals surface area contributed by atoms with Crippen LogP contribution in [0.3, 0.4) is 0 Å².